The van der Waals surface area contributed by atoms with Gasteiger partial charge in [-0.3, -0.25) is 0 Å². The minimum absolute atomic E-state index is 0.0882. The maximum Gasteiger partial charge on any atom is 0.359 e. The molecule has 5 nitrogen and oxygen atoms in total. The summed E-state index contributed by atoms with van der Waals surface area (Å²) in [5.41, 5.74) is 9.98. The first-order valence-corrected chi connectivity index (χ1v) is 11.0. The van der Waals surface area contributed by atoms with Crippen molar-refractivity contribution in [2.75, 3.05) is 6.61 Å². The van der Waals surface area contributed by atoms with E-state index in [0.29, 0.717) is 12.3 Å². The van der Waals surface area contributed by atoms with Crippen LogP contribution in [0, 0.1) is 6.92 Å². The Hall–Kier alpha value is -1.83. The second-order valence-corrected chi connectivity index (χ2v) is 8.63. The molecule has 0 saturated heterocycles. The van der Waals surface area contributed by atoms with Crippen LogP contribution in [0.15, 0.2) is 34.5 Å². The van der Waals surface area contributed by atoms with Crippen molar-refractivity contribution in [3.8, 4) is 0 Å². The number of aryl methyl sites for hydroxylation is 1. The van der Waals surface area contributed by atoms with E-state index in [1.54, 1.807) is 27.6 Å². The third kappa shape index (κ3) is 4.36. The molecule has 3 rings (SSSR count). The first-order chi connectivity index (χ1) is 13.0. The average molecular weight is 404 g/mol. The minimum Gasteiger partial charge on any atom is -0.461 e. The number of carbonyl (C=O) groups excluding carboxylic acids is 1. The second kappa shape index (κ2) is 8.91. The molecular formula is C20H25N3O2S2. The Bertz CT molecular complexity index is 918. The highest BCUT2D eigenvalue weighted by Gasteiger charge is 2.25. The molecule has 0 radical (unpaired) electrons. The molecule has 2 N–H and O–H groups in total. The Morgan fingerprint density at radius 3 is 2.74 bits per heavy atom. The van der Waals surface area contributed by atoms with Crippen molar-refractivity contribution in [1.82, 2.24) is 9.61 Å². The van der Waals surface area contributed by atoms with E-state index in [2.05, 4.69) is 24.2 Å². The van der Waals surface area contributed by atoms with Gasteiger partial charge in [-0.2, -0.15) is 5.10 Å². The first kappa shape index (κ1) is 19.9. The van der Waals surface area contributed by atoms with E-state index < -0.39 is 0 Å². The molecule has 1 atom stereocenters. The normalized spacial score (nSPS) is 12.4. The Morgan fingerprint density at radius 2 is 2.07 bits per heavy atom. The summed E-state index contributed by atoms with van der Waals surface area (Å²) in [6, 6.07) is 10.3. The third-order valence-corrected chi connectivity index (χ3v) is 6.93. The van der Waals surface area contributed by atoms with Crippen LogP contribution in [-0.4, -0.2) is 28.2 Å². The maximum atomic E-state index is 12.6. The predicted molar refractivity (Wildman–Crippen MR) is 112 cm³/mol. The summed E-state index contributed by atoms with van der Waals surface area (Å²) < 4.78 is 8.00. The summed E-state index contributed by atoms with van der Waals surface area (Å²) >= 11 is 3.25. The summed E-state index contributed by atoms with van der Waals surface area (Å²) in [6.07, 6.45) is 1.67. The smallest absolute Gasteiger partial charge is 0.359 e. The number of aromatic nitrogens is 2. The van der Waals surface area contributed by atoms with E-state index in [4.69, 9.17) is 10.5 Å². The number of thiazole rings is 1. The number of ether oxygens (including phenoxy) is 1. The third-order valence-electron chi connectivity index (χ3n) is 4.40. The summed E-state index contributed by atoms with van der Waals surface area (Å²) in [7, 11) is 0. The molecule has 7 heteroatoms. The van der Waals surface area contributed by atoms with Crippen LogP contribution < -0.4 is 5.73 Å². The SMILES string of the molecule is CCOC(=O)c1c(SCc2ccccc2)sc2c(CC(N)CC)c(C)nn12. The van der Waals surface area contributed by atoms with Gasteiger partial charge >= 0.3 is 5.97 Å². The molecule has 144 valence electrons. The van der Waals surface area contributed by atoms with Crippen LogP contribution in [0.3, 0.4) is 0 Å². The molecule has 0 aliphatic heterocycles. The summed E-state index contributed by atoms with van der Waals surface area (Å²) in [5, 5.41) is 4.64. The van der Waals surface area contributed by atoms with Crippen molar-refractivity contribution in [3.63, 3.8) is 0 Å². The maximum absolute atomic E-state index is 12.6. The van der Waals surface area contributed by atoms with Crippen molar-refractivity contribution in [3.05, 3.63) is 52.8 Å². The standard InChI is InChI=1S/C20H25N3O2S2/c1-4-15(21)11-16-13(3)22-23-17(19(24)25-5-2)20(27-18(16)23)26-12-14-9-7-6-8-10-14/h6-10,15H,4-5,11-12,21H2,1-3H3. The number of hydrogen-bond donors (Lipinski definition) is 1. The fourth-order valence-electron chi connectivity index (χ4n) is 2.85. The molecule has 27 heavy (non-hydrogen) atoms. The zero-order valence-electron chi connectivity index (χ0n) is 15.9. The number of hydrogen-bond acceptors (Lipinski definition) is 6. The molecule has 2 heterocycles. The molecule has 0 aliphatic rings. The van der Waals surface area contributed by atoms with Gasteiger partial charge in [-0.25, -0.2) is 9.31 Å². The van der Waals surface area contributed by atoms with Crippen molar-refractivity contribution in [1.29, 1.82) is 0 Å². The van der Waals surface area contributed by atoms with E-state index in [1.807, 2.05) is 32.0 Å². The van der Waals surface area contributed by atoms with Gasteiger partial charge in [0.1, 0.15) is 4.83 Å². The van der Waals surface area contributed by atoms with E-state index in [0.717, 1.165) is 38.9 Å². The fourth-order valence-corrected chi connectivity index (χ4v) is 5.31. The minimum atomic E-state index is -0.326. The Labute approximate surface area is 167 Å². The van der Waals surface area contributed by atoms with Gasteiger partial charge in [0.15, 0.2) is 5.69 Å². The lowest BCUT2D eigenvalue weighted by Gasteiger charge is -2.07. The molecule has 0 saturated carbocycles. The van der Waals surface area contributed by atoms with Gasteiger partial charge in [-0.15, -0.1) is 23.1 Å². The highest BCUT2D eigenvalue weighted by atomic mass is 32.2. The lowest BCUT2D eigenvalue weighted by molar-refractivity contribution is 0.0513. The molecule has 0 amide bonds. The van der Waals surface area contributed by atoms with Gasteiger partial charge in [0.2, 0.25) is 0 Å². The van der Waals surface area contributed by atoms with Gasteiger partial charge in [0.25, 0.3) is 0 Å². The van der Waals surface area contributed by atoms with E-state index in [1.165, 1.54) is 5.56 Å². The van der Waals surface area contributed by atoms with Gasteiger partial charge < -0.3 is 10.5 Å². The number of esters is 1. The average Bonchev–Trinajstić information content (AvgIpc) is 3.16. The van der Waals surface area contributed by atoms with Crippen molar-refractivity contribution >= 4 is 33.9 Å². The largest absolute Gasteiger partial charge is 0.461 e. The van der Waals surface area contributed by atoms with Crippen LogP contribution in [0.5, 0.6) is 0 Å². The monoisotopic (exact) mass is 403 g/mol. The van der Waals surface area contributed by atoms with Crippen LogP contribution in [0.4, 0.5) is 0 Å². The molecule has 1 unspecified atom stereocenters. The topological polar surface area (TPSA) is 69.6 Å². The van der Waals surface area contributed by atoms with Gasteiger partial charge in [-0.05, 0) is 32.3 Å². The van der Waals surface area contributed by atoms with Gasteiger partial charge in [-0.1, -0.05) is 37.3 Å². The molecule has 0 aliphatic carbocycles. The van der Waals surface area contributed by atoms with Crippen LogP contribution >= 0.6 is 23.1 Å². The van der Waals surface area contributed by atoms with Crippen LogP contribution in [0.25, 0.3) is 4.83 Å². The number of nitrogens with two attached hydrogens (primary N) is 1. The van der Waals surface area contributed by atoms with Crippen LogP contribution in [-0.2, 0) is 16.9 Å². The van der Waals surface area contributed by atoms with Crippen molar-refractivity contribution < 1.29 is 9.53 Å². The number of benzene rings is 1. The molecule has 0 spiro atoms. The number of fused-ring (bicyclic) bond motifs is 1. The van der Waals surface area contributed by atoms with Gasteiger partial charge in [0, 0.05) is 17.4 Å². The van der Waals surface area contributed by atoms with Crippen LogP contribution in [0.2, 0.25) is 0 Å². The van der Waals surface area contributed by atoms with Crippen molar-refractivity contribution in [2.45, 2.75) is 49.6 Å². The highest BCUT2D eigenvalue weighted by molar-refractivity contribution is 8.00. The number of rotatable bonds is 8. The summed E-state index contributed by atoms with van der Waals surface area (Å²) in [4.78, 5) is 13.6. The zero-order valence-corrected chi connectivity index (χ0v) is 17.5. The molecule has 1 aromatic carbocycles. The van der Waals surface area contributed by atoms with Crippen LogP contribution in [0.1, 0.15) is 47.6 Å². The quantitative estimate of drug-likeness (QED) is 0.444. The van der Waals surface area contributed by atoms with Gasteiger partial charge in [0.05, 0.1) is 16.5 Å². The first-order valence-electron chi connectivity index (χ1n) is 9.15. The molecule has 0 bridgehead atoms. The predicted octanol–water partition coefficient (Wildman–Crippen LogP) is 4.45. The van der Waals surface area contributed by atoms with E-state index in [9.17, 15) is 4.79 Å². The zero-order chi connectivity index (χ0) is 19.4. The Kier molecular flexibility index (Phi) is 6.57. The summed E-state index contributed by atoms with van der Waals surface area (Å²) in [6.45, 7) is 6.22. The molecule has 0 fully saturated rings. The van der Waals surface area contributed by atoms with Crippen molar-refractivity contribution in [2.24, 2.45) is 5.73 Å². The molecular weight excluding hydrogens is 378 g/mol. The summed E-state index contributed by atoms with van der Waals surface area (Å²) in [5.74, 6) is 0.466. The van der Waals surface area contributed by atoms with E-state index >= 15 is 0 Å². The lowest BCUT2D eigenvalue weighted by Crippen LogP contribution is -2.21. The molecule has 3 aromatic rings. The Balaban J connectivity index is 2.00. The fraction of sp³-hybridized carbons (Fsp3) is 0.400. The lowest BCUT2D eigenvalue weighted by atomic mass is 10.1. The second-order valence-electron chi connectivity index (χ2n) is 6.39. The highest BCUT2D eigenvalue weighted by Crippen LogP contribution is 2.37. The number of thioether (sulfide) groups is 1. The molecule has 2 aromatic heterocycles. The number of carbonyl (C=O) groups is 1. The Morgan fingerprint density at radius 1 is 1.33 bits per heavy atom. The number of nitrogens with zero attached hydrogens (tertiary/aromatic N) is 2. The van der Waals surface area contributed by atoms with E-state index in [-0.39, 0.29) is 12.0 Å².